The van der Waals surface area contributed by atoms with Gasteiger partial charge in [0.25, 0.3) is 0 Å². The van der Waals surface area contributed by atoms with Gasteiger partial charge in [0.2, 0.25) is 18.1 Å². The van der Waals surface area contributed by atoms with Crippen LogP contribution in [0.1, 0.15) is 33.2 Å². The number of hydrogen-bond donors (Lipinski definition) is 2. The monoisotopic (exact) mass is 567 g/mol. The Balaban J connectivity index is 1.27. The Morgan fingerprint density at radius 2 is 1.95 bits per heavy atom. The van der Waals surface area contributed by atoms with Crippen molar-refractivity contribution in [2.24, 2.45) is 7.05 Å². The lowest BCUT2D eigenvalue weighted by molar-refractivity contribution is -0.120. The molecule has 2 aromatic heterocycles. The number of rotatable bonds is 9. The normalized spacial score (nSPS) is 13.3. The smallest absolute Gasteiger partial charge is 0.231 e. The van der Waals surface area contributed by atoms with E-state index in [1.165, 1.54) is 11.3 Å². The van der Waals surface area contributed by atoms with Crippen LogP contribution in [-0.4, -0.2) is 40.9 Å². The van der Waals surface area contributed by atoms with Crippen LogP contribution in [0.25, 0.3) is 10.2 Å². The van der Waals surface area contributed by atoms with E-state index < -0.39 is 6.10 Å². The van der Waals surface area contributed by atoms with Gasteiger partial charge in [0.05, 0.1) is 22.7 Å². The average Bonchev–Trinajstić information content (AvgIpc) is 3.51. The largest absolute Gasteiger partial charge is 0.454 e. The highest BCUT2D eigenvalue weighted by atomic mass is 35.5. The summed E-state index contributed by atoms with van der Waals surface area (Å²) in [6.45, 7) is 3.54. The highest BCUT2D eigenvalue weighted by Gasteiger charge is 2.21. The Labute approximate surface area is 235 Å². The van der Waals surface area contributed by atoms with Gasteiger partial charge in [0.15, 0.2) is 11.5 Å². The predicted molar refractivity (Wildman–Crippen MR) is 153 cm³/mol. The zero-order chi connectivity index (χ0) is 27.7. The van der Waals surface area contributed by atoms with Crippen LogP contribution in [0.15, 0.2) is 53.5 Å². The number of aryl methyl sites for hydroxylation is 2. The molecule has 1 aliphatic heterocycles. The van der Waals surface area contributed by atoms with Crippen molar-refractivity contribution >= 4 is 39.1 Å². The van der Waals surface area contributed by atoms with E-state index in [2.05, 4.69) is 5.32 Å². The van der Waals surface area contributed by atoms with Crippen molar-refractivity contribution in [1.82, 2.24) is 14.8 Å². The first kappa shape index (κ1) is 27.2. The first-order valence-corrected chi connectivity index (χ1v) is 13.8. The van der Waals surface area contributed by atoms with Crippen LogP contribution in [-0.2, 0) is 31.4 Å². The van der Waals surface area contributed by atoms with Crippen LogP contribution < -0.4 is 20.2 Å². The van der Waals surface area contributed by atoms with E-state index in [1.807, 2.05) is 60.8 Å². The fourth-order valence-corrected chi connectivity index (χ4v) is 6.30. The molecule has 3 heterocycles. The second-order valence-corrected chi connectivity index (χ2v) is 11.4. The van der Waals surface area contributed by atoms with E-state index in [0.29, 0.717) is 46.4 Å². The molecule has 0 aliphatic carbocycles. The number of amides is 1. The third kappa shape index (κ3) is 5.96. The summed E-state index contributed by atoms with van der Waals surface area (Å²) in [5.41, 5.74) is 3.92. The molecule has 1 unspecified atom stereocenters. The van der Waals surface area contributed by atoms with Crippen molar-refractivity contribution in [3.05, 3.63) is 91.0 Å². The zero-order valence-electron chi connectivity index (χ0n) is 22.0. The van der Waals surface area contributed by atoms with Gasteiger partial charge < -0.3 is 24.5 Å². The molecule has 5 rings (SSSR count). The van der Waals surface area contributed by atoms with Crippen molar-refractivity contribution in [3.8, 4) is 11.5 Å². The maximum atomic E-state index is 13.4. The Kier molecular flexibility index (Phi) is 7.95. The molecule has 1 amide bonds. The van der Waals surface area contributed by atoms with Crippen LogP contribution >= 0.6 is 22.9 Å². The van der Waals surface area contributed by atoms with E-state index in [4.69, 9.17) is 21.1 Å². The molecule has 0 saturated heterocycles. The number of pyridine rings is 1. The van der Waals surface area contributed by atoms with Crippen molar-refractivity contribution in [3.63, 3.8) is 0 Å². The Morgan fingerprint density at radius 3 is 2.72 bits per heavy atom. The lowest BCUT2D eigenvalue weighted by atomic mass is 10.1. The molecule has 8 nitrogen and oxygen atoms in total. The number of carbonyl (C=O) groups is 1. The van der Waals surface area contributed by atoms with Crippen molar-refractivity contribution < 1.29 is 19.4 Å². The summed E-state index contributed by atoms with van der Waals surface area (Å²) in [4.78, 5) is 29.1. The second kappa shape index (κ2) is 11.4. The number of thiophene rings is 1. The number of aliphatic hydroxyl groups excluding tert-OH is 1. The van der Waals surface area contributed by atoms with Gasteiger partial charge in [-0.3, -0.25) is 14.5 Å². The number of ether oxygens (including phenoxy) is 2. The fourth-order valence-electron chi connectivity index (χ4n) is 4.78. The van der Waals surface area contributed by atoms with Gasteiger partial charge in [-0.25, -0.2) is 0 Å². The Hall–Kier alpha value is -3.37. The molecule has 0 saturated carbocycles. The molecule has 204 valence electrons. The summed E-state index contributed by atoms with van der Waals surface area (Å²) in [5.74, 6) is 1.10. The van der Waals surface area contributed by atoms with E-state index in [1.54, 1.807) is 18.3 Å². The summed E-state index contributed by atoms with van der Waals surface area (Å²) in [5, 5.41) is 14.3. The predicted octanol–water partition coefficient (Wildman–Crippen LogP) is 4.31. The van der Waals surface area contributed by atoms with Crippen LogP contribution in [0.3, 0.4) is 0 Å². The lowest BCUT2D eigenvalue weighted by Gasteiger charge is -2.20. The van der Waals surface area contributed by atoms with Gasteiger partial charge in [0, 0.05) is 48.3 Å². The Bertz CT molecular complexity index is 1580. The number of carbonyl (C=O) groups excluding carboxylic acids is 1. The van der Waals surface area contributed by atoms with Crippen LogP contribution in [0, 0.1) is 6.92 Å². The summed E-state index contributed by atoms with van der Waals surface area (Å²) >= 11 is 7.37. The number of halogens is 1. The van der Waals surface area contributed by atoms with Crippen molar-refractivity contribution in [1.29, 1.82) is 0 Å². The van der Waals surface area contributed by atoms with E-state index in [9.17, 15) is 14.7 Å². The van der Waals surface area contributed by atoms with Gasteiger partial charge in [-0.1, -0.05) is 29.8 Å². The number of aromatic nitrogens is 1. The maximum Gasteiger partial charge on any atom is 0.231 e. The second-order valence-electron chi connectivity index (χ2n) is 9.83. The number of aliphatic hydroxyl groups is 1. The van der Waals surface area contributed by atoms with Crippen molar-refractivity contribution in [2.45, 2.75) is 32.5 Å². The van der Waals surface area contributed by atoms with Gasteiger partial charge in [-0.2, -0.15) is 0 Å². The average molecular weight is 568 g/mol. The minimum atomic E-state index is -0.705. The molecule has 2 N–H and O–H groups in total. The van der Waals surface area contributed by atoms with E-state index >= 15 is 0 Å². The number of nitrogens with zero attached hydrogens (tertiary/aromatic N) is 2. The lowest BCUT2D eigenvalue weighted by Crippen LogP contribution is -2.27. The maximum absolute atomic E-state index is 13.4. The summed E-state index contributed by atoms with van der Waals surface area (Å²) in [6, 6.07) is 12.7. The number of likely N-dealkylation sites (N-methyl/N-ethyl adjacent to an activating group) is 1. The number of benzene rings is 2. The number of nitrogens with one attached hydrogen (secondary N) is 1. The molecule has 4 aromatic rings. The minimum Gasteiger partial charge on any atom is -0.454 e. The fraction of sp³-hybridized carbons (Fsp3) is 0.310. The standard InChI is InChI=1S/C29H30ClN3O5S/c1-17-25(15-32(2)14-22(34)19-6-9-23-24(10-19)38-16-37-23)39-29-27(17)33(3)13-20(28(29)36)11-26(35)31-12-18-4-7-21(30)8-5-18/h4-10,13,22,34H,11-12,14-16H2,1-3H3,(H,31,35). The number of fused-ring (bicyclic) bond motifs is 2. The van der Waals surface area contributed by atoms with Crippen molar-refractivity contribution in [2.75, 3.05) is 20.4 Å². The molecule has 39 heavy (non-hydrogen) atoms. The first-order valence-electron chi connectivity index (χ1n) is 12.6. The van der Waals surface area contributed by atoms with Gasteiger partial charge in [0.1, 0.15) is 0 Å². The third-order valence-electron chi connectivity index (χ3n) is 6.85. The SMILES string of the molecule is Cc1c(CN(C)CC(O)c2ccc3c(c2)OCO3)sc2c(=O)c(CC(=O)NCc3ccc(Cl)cc3)cn(C)c12. The molecule has 2 aromatic carbocycles. The molecule has 10 heteroatoms. The third-order valence-corrected chi connectivity index (χ3v) is 8.36. The molecule has 0 radical (unpaired) electrons. The molecule has 1 atom stereocenters. The first-order chi connectivity index (χ1) is 18.7. The topological polar surface area (TPSA) is 93.0 Å². The summed E-state index contributed by atoms with van der Waals surface area (Å²) in [7, 11) is 3.84. The molecule has 0 bridgehead atoms. The summed E-state index contributed by atoms with van der Waals surface area (Å²) in [6.07, 6.45) is 1.05. The summed E-state index contributed by atoms with van der Waals surface area (Å²) < 4.78 is 13.3. The van der Waals surface area contributed by atoms with E-state index in [0.717, 1.165) is 27.1 Å². The van der Waals surface area contributed by atoms with Crippen LogP contribution in [0.2, 0.25) is 5.02 Å². The van der Waals surface area contributed by atoms with Crippen LogP contribution in [0.5, 0.6) is 11.5 Å². The number of hydrogen-bond acceptors (Lipinski definition) is 7. The van der Waals surface area contributed by atoms with Gasteiger partial charge in [-0.15, -0.1) is 11.3 Å². The molecule has 0 spiro atoms. The van der Waals surface area contributed by atoms with E-state index in [-0.39, 0.29) is 24.5 Å². The molecule has 1 aliphatic rings. The highest BCUT2D eigenvalue weighted by Crippen LogP contribution is 2.35. The van der Waals surface area contributed by atoms with Crippen LogP contribution in [0.4, 0.5) is 0 Å². The minimum absolute atomic E-state index is 0.00408. The Morgan fingerprint density at radius 1 is 1.21 bits per heavy atom. The quantitative estimate of drug-likeness (QED) is 0.313. The highest BCUT2D eigenvalue weighted by molar-refractivity contribution is 7.19. The van der Waals surface area contributed by atoms with Gasteiger partial charge in [-0.05, 0) is 54.9 Å². The molecular weight excluding hydrogens is 538 g/mol. The molecule has 0 fully saturated rings. The molecular formula is C29H30ClN3O5S. The zero-order valence-corrected chi connectivity index (χ0v) is 23.6. The van der Waals surface area contributed by atoms with Gasteiger partial charge >= 0.3 is 0 Å².